The van der Waals surface area contributed by atoms with E-state index in [4.69, 9.17) is 28.9 Å². The Morgan fingerprint density at radius 1 is 0.985 bits per heavy atom. The molecule has 65 heavy (non-hydrogen) atoms. The number of aliphatic hydroxyl groups is 2. The smallest absolute Gasteiger partial charge is 0.254 e. The van der Waals surface area contributed by atoms with Gasteiger partial charge in [-0.15, -0.1) is 6.58 Å². The number of fused-ring (bicyclic) bond motifs is 2. The molecule has 6 unspecified atom stereocenters. The molecule has 340 valence electrons. The fourth-order valence-electron chi connectivity index (χ4n) is 9.97. The highest BCUT2D eigenvalue weighted by atomic mass is 16.7. The number of nitriles is 1. The van der Waals surface area contributed by atoms with Crippen LogP contribution in [0.2, 0.25) is 0 Å². The number of oxime groups is 1. The number of nitrogens with zero attached hydrogens (tertiary/aromatic N) is 3. The molecule has 0 spiro atoms. The van der Waals surface area contributed by atoms with E-state index in [1.54, 1.807) is 48.5 Å². The second-order valence-corrected chi connectivity index (χ2v) is 16.8. The molecule has 12 nitrogen and oxygen atoms in total. The second-order valence-electron chi connectivity index (χ2n) is 16.8. The molecule has 4 aromatic carbocycles. The minimum Gasteiger partial charge on any atom is -0.496 e. The SMILES string of the molecule is C=CCOC12Oc3ccc(Oc4ccc(OC)c(C=O)c4)cc3C3C(CCCCO)C(CCCCO)C=C(C(=NOCc4ccccc4)CC1N(CCC)C(=O)c1ccc(C#N)cc1)C32. The predicted molar refractivity (Wildman–Crippen MR) is 247 cm³/mol. The number of benzene rings is 4. The van der Waals surface area contributed by atoms with Crippen molar-refractivity contribution in [3.8, 4) is 29.1 Å². The Morgan fingerprint density at radius 3 is 2.42 bits per heavy atom. The Bertz CT molecular complexity index is 2380. The van der Waals surface area contributed by atoms with Gasteiger partial charge in [0.25, 0.3) is 5.91 Å². The van der Waals surface area contributed by atoms with Crippen LogP contribution in [0.4, 0.5) is 0 Å². The molecule has 0 bridgehead atoms. The quantitative estimate of drug-likeness (QED) is 0.0337. The maximum atomic E-state index is 15.0. The fraction of sp³-hybridized carbons (Fsp3) is 0.396. The van der Waals surface area contributed by atoms with Gasteiger partial charge in [-0.25, -0.2) is 0 Å². The maximum Gasteiger partial charge on any atom is 0.254 e. The lowest BCUT2D eigenvalue weighted by molar-refractivity contribution is -0.254. The van der Waals surface area contributed by atoms with Crippen LogP contribution in [0.25, 0.3) is 0 Å². The van der Waals surface area contributed by atoms with Gasteiger partial charge in [-0.05, 0) is 116 Å². The molecule has 2 N–H and O–H groups in total. The zero-order valence-electron chi connectivity index (χ0n) is 37.3. The number of aliphatic hydroxyl groups excluding tert-OH is 2. The number of carbonyl (C=O) groups is 2. The summed E-state index contributed by atoms with van der Waals surface area (Å²) in [4.78, 5) is 35.1. The van der Waals surface area contributed by atoms with Gasteiger partial charge >= 0.3 is 0 Å². The van der Waals surface area contributed by atoms with Gasteiger partial charge in [0.2, 0.25) is 5.79 Å². The Hall–Kier alpha value is -6.26. The number of amides is 1. The van der Waals surface area contributed by atoms with E-state index >= 15 is 0 Å². The molecular formula is C53H59N3O9. The molecule has 0 saturated heterocycles. The van der Waals surface area contributed by atoms with E-state index < -0.39 is 17.7 Å². The van der Waals surface area contributed by atoms with Crippen LogP contribution in [0.15, 0.2) is 120 Å². The van der Waals surface area contributed by atoms with E-state index in [-0.39, 0.29) is 56.5 Å². The zero-order valence-corrected chi connectivity index (χ0v) is 37.3. The van der Waals surface area contributed by atoms with Crippen LogP contribution < -0.4 is 14.2 Å². The molecule has 1 heterocycles. The van der Waals surface area contributed by atoms with E-state index in [1.165, 1.54) is 7.11 Å². The van der Waals surface area contributed by atoms with Crippen LogP contribution in [-0.2, 0) is 16.2 Å². The number of ether oxygens (including phenoxy) is 4. The van der Waals surface area contributed by atoms with Gasteiger partial charge in [0.15, 0.2) is 6.29 Å². The monoisotopic (exact) mass is 881 g/mol. The van der Waals surface area contributed by atoms with Crippen molar-refractivity contribution >= 4 is 17.9 Å². The number of rotatable bonds is 22. The molecule has 1 saturated carbocycles. The van der Waals surface area contributed by atoms with Crippen molar-refractivity contribution in [3.05, 3.63) is 143 Å². The number of aldehydes is 1. The van der Waals surface area contributed by atoms with E-state index in [0.29, 0.717) is 71.2 Å². The van der Waals surface area contributed by atoms with Crippen molar-refractivity contribution in [2.24, 2.45) is 22.9 Å². The van der Waals surface area contributed by atoms with Crippen molar-refractivity contribution in [1.29, 1.82) is 5.26 Å². The average Bonchev–Trinajstić information content (AvgIpc) is 3.34. The number of hydrogen-bond acceptors (Lipinski definition) is 11. The minimum atomic E-state index is -1.45. The van der Waals surface area contributed by atoms with Crippen LogP contribution in [0.3, 0.4) is 0 Å². The molecule has 2 aliphatic carbocycles. The zero-order chi connectivity index (χ0) is 45.8. The lowest BCUT2D eigenvalue weighted by atomic mass is 9.55. The van der Waals surface area contributed by atoms with Gasteiger partial charge in [0.05, 0.1) is 42.5 Å². The van der Waals surface area contributed by atoms with Crippen LogP contribution in [0.5, 0.6) is 23.0 Å². The number of allylic oxidation sites excluding steroid dienone is 1. The van der Waals surface area contributed by atoms with Gasteiger partial charge in [0, 0.05) is 43.2 Å². The molecule has 1 amide bonds. The van der Waals surface area contributed by atoms with E-state index in [2.05, 4.69) is 18.7 Å². The number of carbonyl (C=O) groups excluding carboxylic acids is 2. The molecule has 12 heteroatoms. The van der Waals surface area contributed by atoms with Crippen molar-refractivity contribution in [2.75, 3.05) is 33.5 Å². The van der Waals surface area contributed by atoms with Gasteiger partial charge in [-0.3, -0.25) is 9.59 Å². The van der Waals surface area contributed by atoms with Gasteiger partial charge in [0.1, 0.15) is 35.6 Å². The van der Waals surface area contributed by atoms with Crippen molar-refractivity contribution in [1.82, 2.24) is 4.90 Å². The highest BCUT2D eigenvalue weighted by Gasteiger charge is 2.65. The van der Waals surface area contributed by atoms with Crippen LogP contribution in [0.1, 0.15) is 102 Å². The fourth-order valence-corrected chi connectivity index (χ4v) is 9.97. The summed E-state index contributed by atoms with van der Waals surface area (Å²) in [6.07, 6.45) is 10.0. The molecule has 3 aliphatic rings. The molecule has 4 aromatic rings. The molecule has 1 fully saturated rings. The summed E-state index contributed by atoms with van der Waals surface area (Å²) in [7, 11) is 1.51. The largest absolute Gasteiger partial charge is 0.496 e. The number of unbranched alkanes of at least 4 members (excludes halogenated alkanes) is 2. The lowest BCUT2D eigenvalue weighted by Gasteiger charge is -2.60. The first kappa shape index (κ1) is 46.7. The molecule has 0 radical (unpaired) electrons. The standard InChI is InChI=1S/C53H59N3O9/c1-4-25-56(52(60)38-19-17-36(33-54)18-20-38)49-32-46(55-63-35-37-13-7-6-8-14-37)44-30-39(15-9-11-26-57)43(16-10-12-27-58)50-45-31-42(64-41-21-23-47(61-3)40(29-41)34-59)22-24-48(45)65-53(49,51(44)50)62-28-5-2/h5-8,13-14,17-24,29-31,34,39,43,49-51,57-58H,2,4,9-12,15-16,25-28,32,35H2,1,3H3. The van der Waals surface area contributed by atoms with Crippen LogP contribution in [-0.4, -0.2) is 78.3 Å². The summed E-state index contributed by atoms with van der Waals surface area (Å²) in [6, 6.07) is 28.8. The molecule has 1 aliphatic heterocycles. The van der Waals surface area contributed by atoms with E-state index in [9.17, 15) is 25.1 Å². The highest BCUT2D eigenvalue weighted by Crippen LogP contribution is 2.62. The van der Waals surface area contributed by atoms with Gasteiger partial charge in [-0.1, -0.05) is 67.4 Å². The summed E-state index contributed by atoms with van der Waals surface area (Å²) in [5.74, 6) is -0.435. The second kappa shape index (κ2) is 22.1. The van der Waals surface area contributed by atoms with Gasteiger partial charge < -0.3 is 38.9 Å². The van der Waals surface area contributed by atoms with Crippen LogP contribution in [0, 0.1) is 29.1 Å². The molecule has 0 aromatic heterocycles. The Balaban J connectivity index is 1.45. The topological polar surface area (TPSA) is 160 Å². The Kier molecular flexibility index (Phi) is 15.9. The predicted octanol–water partition coefficient (Wildman–Crippen LogP) is 9.56. The Labute approximate surface area is 381 Å². The van der Waals surface area contributed by atoms with E-state index in [0.717, 1.165) is 48.7 Å². The van der Waals surface area contributed by atoms with Crippen molar-refractivity contribution in [3.63, 3.8) is 0 Å². The summed E-state index contributed by atoms with van der Waals surface area (Å²) in [5.41, 5.74) is 4.69. The minimum absolute atomic E-state index is 0.000316. The summed E-state index contributed by atoms with van der Waals surface area (Å²) in [5, 5.41) is 34.5. The molecular weight excluding hydrogens is 823 g/mol. The van der Waals surface area contributed by atoms with E-state index in [1.807, 2.05) is 60.4 Å². The molecule has 6 atom stereocenters. The highest BCUT2D eigenvalue weighted by molar-refractivity contribution is 6.03. The summed E-state index contributed by atoms with van der Waals surface area (Å²) in [6.45, 7) is 6.94. The third-order valence-corrected chi connectivity index (χ3v) is 12.8. The van der Waals surface area contributed by atoms with Crippen LogP contribution >= 0.6 is 0 Å². The molecule has 7 rings (SSSR count). The van der Waals surface area contributed by atoms with Gasteiger partial charge in [-0.2, -0.15) is 5.26 Å². The third-order valence-electron chi connectivity index (χ3n) is 12.8. The first-order valence-electron chi connectivity index (χ1n) is 22.7. The normalized spacial score (nSPS) is 22.3. The first-order valence-corrected chi connectivity index (χ1v) is 22.7. The third kappa shape index (κ3) is 10.2. The number of methoxy groups -OCH3 is 1. The average molecular weight is 882 g/mol. The van der Waals surface area contributed by atoms with Crippen molar-refractivity contribution in [2.45, 2.75) is 82.6 Å². The lowest BCUT2D eigenvalue weighted by Crippen LogP contribution is -2.70. The number of hydrogen-bond donors (Lipinski definition) is 2. The summed E-state index contributed by atoms with van der Waals surface area (Å²) >= 11 is 0. The first-order chi connectivity index (χ1) is 31.8. The Morgan fingerprint density at radius 2 is 1.72 bits per heavy atom. The maximum absolute atomic E-state index is 15.0. The summed E-state index contributed by atoms with van der Waals surface area (Å²) < 4.78 is 26.4. The van der Waals surface area contributed by atoms with Crippen molar-refractivity contribution < 1.29 is 43.6 Å².